The first kappa shape index (κ1) is 19.5. The van der Waals surface area contributed by atoms with Gasteiger partial charge in [0.05, 0.1) is 10.5 Å². The van der Waals surface area contributed by atoms with Gasteiger partial charge in [-0.3, -0.25) is 10.1 Å². The van der Waals surface area contributed by atoms with Crippen LogP contribution in [0.3, 0.4) is 0 Å². The summed E-state index contributed by atoms with van der Waals surface area (Å²) < 4.78 is 5.51. The lowest BCUT2D eigenvalue weighted by Crippen LogP contribution is -2.47. The Labute approximate surface area is 160 Å². The molecule has 7 nitrogen and oxygen atoms in total. The predicted molar refractivity (Wildman–Crippen MR) is 104 cm³/mol. The van der Waals surface area contributed by atoms with Crippen LogP contribution in [0.2, 0.25) is 0 Å². The van der Waals surface area contributed by atoms with E-state index in [4.69, 9.17) is 4.74 Å². The van der Waals surface area contributed by atoms with Crippen LogP contribution in [-0.2, 0) is 11.3 Å². The van der Waals surface area contributed by atoms with Crippen molar-refractivity contribution in [1.82, 2.24) is 4.90 Å². The van der Waals surface area contributed by atoms with Crippen LogP contribution in [0.25, 0.3) is 0 Å². The van der Waals surface area contributed by atoms with Crippen molar-refractivity contribution in [3.8, 4) is 0 Å². The molecular formula is C20H29N3O4. The van der Waals surface area contributed by atoms with Crippen LogP contribution in [0, 0.1) is 10.1 Å². The van der Waals surface area contributed by atoms with Gasteiger partial charge in [-0.1, -0.05) is 0 Å². The number of carbonyl (C=O) groups is 1. The monoisotopic (exact) mass is 375 g/mol. The zero-order chi connectivity index (χ0) is 19.4. The summed E-state index contributed by atoms with van der Waals surface area (Å²) in [7, 11) is 0. The summed E-state index contributed by atoms with van der Waals surface area (Å²) in [4.78, 5) is 27.6. The number of piperidine rings is 2. The minimum atomic E-state index is -0.407. The highest BCUT2D eigenvalue weighted by Gasteiger charge is 2.30. The van der Waals surface area contributed by atoms with Gasteiger partial charge in [-0.15, -0.1) is 0 Å². The zero-order valence-corrected chi connectivity index (χ0v) is 16.2. The molecule has 7 heteroatoms. The van der Waals surface area contributed by atoms with Gasteiger partial charge in [0.15, 0.2) is 0 Å². The minimum absolute atomic E-state index is 0.00306. The molecule has 2 aliphatic rings. The van der Waals surface area contributed by atoms with E-state index < -0.39 is 4.92 Å². The Morgan fingerprint density at radius 2 is 1.81 bits per heavy atom. The Morgan fingerprint density at radius 3 is 2.44 bits per heavy atom. The molecule has 0 aromatic heterocycles. The number of nitro benzene ring substituents is 1. The van der Waals surface area contributed by atoms with Crippen LogP contribution in [0.5, 0.6) is 0 Å². The van der Waals surface area contributed by atoms with Gasteiger partial charge in [-0.25, -0.2) is 4.79 Å². The number of amides is 1. The third kappa shape index (κ3) is 4.51. The fourth-order valence-electron chi connectivity index (χ4n) is 4.21. The summed E-state index contributed by atoms with van der Waals surface area (Å²) in [6.45, 7) is 5.89. The van der Waals surface area contributed by atoms with Crippen molar-refractivity contribution in [2.45, 2.75) is 71.1 Å². The van der Waals surface area contributed by atoms with Crippen molar-refractivity contribution < 1.29 is 14.5 Å². The first-order valence-corrected chi connectivity index (χ1v) is 9.94. The van der Waals surface area contributed by atoms with Gasteiger partial charge in [0.2, 0.25) is 0 Å². The first-order valence-electron chi connectivity index (χ1n) is 9.94. The van der Waals surface area contributed by atoms with Crippen LogP contribution in [0.4, 0.5) is 16.2 Å². The summed E-state index contributed by atoms with van der Waals surface area (Å²) in [5, 5.41) is 11.4. The molecule has 3 rings (SSSR count). The Balaban J connectivity index is 1.73. The number of carbonyl (C=O) groups excluding carboxylic acids is 1. The summed E-state index contributed by atoms with van der Waals surface area (Å²) in [6, 6.07) is 5.40. The lowest BCUT2D eigenvalue weighted by Gasteiger charge is -2.38. The van der Waals surface area contributed by atoms with Crippen LogP contribution >= 0.6 is 0 Å². The molecule has 1 amide bonds. The largest absolute Gasteiger partial charge is 0.444 e. The highest BCUT2D eigenvalue weighted by atomic mass is 16.6. The molecule has 148 valence electrons. The second-order valence-corrected chi connectivity index (χ2v) is 7.71. The Hall–Kier alpha value is -2.31. The van der Waals surface area contributed by atoms with Gasteiger partial charge in [-0.2, -0.15) is 0 Å². The second-order valence-electron chi connectivity index (χ2n) is 7.71. The standard InChI is InChI=1S/C20H29N3O4/c1-15-7-6-8-16(2)22(15)20(24)27-14-17-13-18(9-10-19(17)23(25)26)21-11-4-3-5-12-21/h9-10,13,15-16H,3-8,11-12,14H2,1-2H3. The minimum Gasteiger partial charge on any atom is -0.444 e. The van der Waals surface area contributed by atoms with Gasteiger partial charge in [0, 0.05) is 36.9 Å². The smallest absolute Gasteiger partial charge is 0.410 e. The van der Waals surface area contributed by atoms with Crippen LogP contribution < -0.4 is 4.90 Å². The Bertz CT molecular complexity index is 678. The normalized spacial score (nSPS) is 23.2. The summed E-state index contributed by atoms with van der Waals surface area (Å²) >= 11 is 0. The van der Waals surface area contributed by atoms with Gasteiger partial charge in [0.25, 0.3) is 5.69 Å². The summed E-state index contributed by atoms with van der Waals surface area (Å²) in [6.07, 6.45) is 6.13. The van der Waals surface area contributed by atoms with E-state index in [1.165, 1.54) is 12.5 Å². The number of nitrogens with zero attached hydrogens (tertiary/aromatic N) is 3. The Kier molecular flexibility index (Phi) is 6.19. The van der Waals surface area contributed by atoms with Crippen molar-refractivity contribution in [1.29, 1.82) is 0 Å². The average molecular weight is 375 g/mol. The van der Waals surface area contributed by atoms with E-state index in [1.807, 2.05) is 13.8 Å². The zero-order valence-electron chi connectivity index (χ0n) is 16.2. The molecule has 2 atom stereocenters. The number of hydrogen-bond acceptors (Lipinski definition) is 5. The number of likely N-dealkylation sites (tertiary alicyclic amines) is 1. The molecular weight excluding hydrogens is 346 g/mol. The van der Waals surface area contributed by atoms with E-state index in [9.17, 15) is 14.9 Å². The molecule has 2 unspecified atom stereocenters. The second kappa shape index (κ2) is 8.59. The van der Waals surface area contributed by atoms with Crippen molar-refractivity contribution in [3.63, 3.8) is 0 Å². The molecule has 0 aliphatic carbocycles. The van der Waals surface area contributed by atoms with Gasteiger partial charge >= 0.3 is 6.09 Å². The number of nitro groups is 1. The number of anilines is 1. The summed E-state index contributed by atoms with van der Waals surface area (Å²) in [5.74, 6) is 0. The summed E-state index contributed by atoms with van der Waals surface area (Å²) in [5.41, 5.74) is 1.42. The highest BCUT2D eigenvalue weighted by molar-refractivity contribution is 5.69. The number of benzene rings is 1. The average Bonchev–Trinajstić information content (AvgIpc) is 2.66. The maximum Gasteiger partial charge on any atom is 0.410 e. The molecule has 2 aliphatic heterocycles. The lowest BCUT2D eigenvalue weighted by atomic mass is 9.98. The van der Waals surface area contributed by atoms with Gasteiger partial charge in [-0.05, 0) is 64.5 Å². The number of ether oxygens (including phenoxy) is 1. The van der Waals surface area contributed by atoms with E-state index in [1.54, 1.807) is 17.0 Å². The number of rotatable bonds is 4. The molecule has 0 bridgehead atoms. The molecule has 2 fully saturated rings. The van der Waals surface area contributed by atoms with E-state index in [2.05, 4.69) is 4.90 Å². The third-order valence-electron chi connectivity index (χ3n) is 5.74. The van der Waals surface area contributed by atoms with Crippen LogP contribution in [0.1, 0.15) is 57.9 Å². The SMILES string of the molecule is CC1CCCC(C)N1C(=O)OCc1cc(N2CCCCC2)ccc1[N+](=O)[O-]. The Morgan fingerprint density at radius 1 is 1.15 bits per heavy atom. The quantitative estimate of drug-likeness (QED) is 0.573. The molecule has 0 radical (unpaired) electrons. The lowest BCUT2D eigenvalue weighted by molar-refractivity contribution is -0.385. The molecule has 0 saturated carbocycles. The molecule has 0 N–H and O–H groups in total. The molecule has 2 saturated heterocycles. The number of hydrogen-bond donors (Lipinski definition) is 0. The topological polar surface area (TPSA) is 75.9 Å². The maximum atomic E-state index is 12.6. The maximum absolute atomic E-state index is 12.6. The van der Waals surface area contributed by atoms with E-state index in [0.29, 0.717) is 5.56 Å². The van der Waals surface area contributed by atoms with E-state index in [0.717, 1.165) is 50.9 Å². The highest BCUT2D eigenvalue weighted by Crippen LogP contribution is 2.29. The van der Waals surface area contributed by atoms with Crippen molar-refractivity contribution >= 4 is 17.5 Å². The molecule has 1 aromatic rings. The molecule has 0 spiro atoms. The van der Waals surface area contributed by atoms with E-state index >= 15 is 0 Å². The predicted octanol–water partition coefficient (Wildman–Crippen LogP) is 4.48. The molecule has 2 heterocycles. The molecule has 27 heavy (non-hydrogen) atoms. The van der Waals surface area contributed by atoms with Crippen LogP contribution in [0.15, 0.2) is 18.2 Å². The third-order valence-corrected chi connectivity index (χ3v) is 5.74. The fourth-order valence-corrected chi connectivity index (χ4v) is 4.21. The van der Waals surface area contributed by atoms with Crippen molar-refractivity contribution in [2.24, 2.45) is 0 Å². The van der Waals surface area contributed by atoms with Crippen molar-refractivity contribution in [3.05, 3.63) is 33.9 Å². The van der Waals surface area contributed by atoms with Gasteiger partial charge < -0.3 is 14.5 Å². The van der Waals surface area contributed by atoms with E-state index in [-0.39, 0.29) is 30.5 Å². The molecule has 1 aromatic carbocycles. The fraction of sp³-hybridized carbons (Fsp3) is 0.650. The van der Waals surface area contributed by atoms with Gasteiger partial charge in [0.1, 0.15) is 6.61 Å². The first-order chi connectivity index (χ1) is 13.0. The van der Waals surface area contributed by atoms with Crippen molar-refractivity contribution in [2.75, 3.05) is 18.0 Å². The van der Waals surface area contributed by atoms with Crippen LogP contribution in [-0.4, -0.2) is 41.1 Å².